The molecule has 0 unspecified atom stereocenters. The summed E-state index contributed by atoms with van der Waals surface area (Å²) in [6.07, 6.45) is 5.39. The van der Waals surface area contributed by atoms with Gasteiger partial charge in [-0.2, -0.15) is 4.31 Å². The fraction of sp³-hybridized carbons (Fsp3) is 0.375. The molecule has 1 aliphatic carbocycles. The third kappa shape index (κ3) is 4.18. The van der Waals surface area contributed by atoms with Crippen molar-refractivity contribution < 1.29 is 13.2 Å². The number of rotatable bonds is 4. The fourth-order valence-corrected chi connectivity index (χ4v) is 6.18. The Morgan fingerprint density at radius 3 is 2.45 bits per heavy atom. The third-order valence-electron chi connectivity index (χ3n) is 6.60. The molecule has 1 aliphatic heterocycles. The Kier molecular flexibility index (Phi) is 5.76. The summed E-state index contributed by atoms with van der Waals surface area (Å²) < 4.78 is 29.3. The first-order chi connectivity index (χ1) is 15.9. The minimum absolute atomic E-state index is 0.0978. The van der Waals surface area contributed by atoms with Crippen LogP contribution >= 0.6 is 0 Å². The zero-order chi connectivity index (χ0) is 23.0. The molecule has 0 spiro atoms. The van der Waals surface area contributed by atoms with Gasteiger partial charge in [-0.3, -0.25) is 14.2 Å². The van der Waals surface area contributed by atoms with E-state index in [4.69, 9.17) is 0 Å². The second-order valence-electron chi connectivity index (χ2n) is 8.59. The lowest BCUT2D eigenvalue weighted by atomic mass is 9.92. The number of carbonyl (C=O) groups excluding carboxylic acids is 1. The smallest absolute Gasteiger partial charge is 0.269 e. The van der Waals surface area contributed by atoms with Crippen LogP contribution in [0, 0.1) is 0 Å². The van der Waals surface area contributed by atoms with Crippen LogP contribution in [0.2, 0.25) is 0 Å². The van der Waals surface area contributed by atoms with Gasteiger partial charge in [-0.05, 0) is 61.1 Å². The minimum atomic E-state index is -3.61. The molecule has 0 bridgehead atoms. The molecular formula is C24H26N4O4S. The van der Waals surface area contributed by atoms with E-state index in [2.05, 4.69) is 4.98 Å². The zero-order valence-corrected chi connectivity index (χ0v) is 19.1. The van der Waals surface area contributed by atoms with E-state index in [1.807, 2.05) is 18.2 Å². The topological polar surface area (TPSA) is 92.6 Å². The number of hydrogen-bond donors (Lipinski definition) is 0. The molecule has 1 amide bonds. The van der Waals surface area contributed by atoms with Gasteiger partial charge in [0.2, 0.25) is 15.9 Å². The largest absolute Gasteiger partial charge is 0.338 e. The van der Waals surface area contributed by atoms with Crippen LogP contribution in [0.25, 0.3) is 11.0 Å². The standard InChI is InChI=1S/C24H26N4O4S/c29-23-16-25-21-7-3-4-8-22(21)28(23)17-24(30)26-11-13-27(14-12-26)33(31,32)20-10-9-18-5-1-2-6-19(18)15-20/h3-4,7-10,15-16H,1-2,5-6,11-14,17H2. The number of carbonyl (C=O) groups is 1. The zero-order valence-electron chi connectivity index (χ0n) is 18.3. The highest BCUT2D eigenvalue weighted by molar-refractivity contribution is 7.89. The number of piperazine rings is 1. The molecule has 3 aromatic rings. The molecule has 2 aliphatic rings. The van der Waals surface area contributed by atoms with Gasteiger partial charge in [-0.15, -0.1) is 0 Å². The first-order valence-corrected chi connectivity index (χ1v) is 12.7. The van der Waals surface area contributed by atoms with Crippen LogP contribution in [0.1, 0.15) is 24.0 Å². The lowest BCUT2D eigenvalue weighted by Gasteiger charge is -2.34. The van der Waals surface area contributed by atoms with Crippen LogP contribution in [-0.2, 0) is 34.2 Å². The van der Waals surface area contributed by atoms with Crippen LogP contribution in [0.15, 0.2) is 58.4 Å². The molecule has 2 aromatic carbocycles. The molecule has 0 N–H and O–H groups in total. The van der Waals surface area contributed by atoms with Gasteiger partial charge in [0.05, 0.1) is 22.1 Å². The quantitative estimate of drug-likeness (QED) is 0.585. The second kappa shape index (κ2) is 8.72. The summed E-state index contributed by atoms with van der Waals surface area (Å²) in [6.45, 7) is 0.954. The van der Waals surface area contributed by atoms with Crippen molar-refractivity contribution in [3.63, 3.8) is 0 Å². The first-order valence-electron chi connectivity index (χ1n) is 11.3. The number of hydrogen-bond acceptors (Lipinski definition) is 5. The highest BCUT2D eigenvalue weighted by Crippen LogP contribution is 2.26. The molecule has 1 saturated heterocycles. The van der Waals surface area contributed by atoms with E-state index in [9.17, 15) is 18.0 Å². The molecule has 5 rings (SSSR count). The van der Waals surface area contributed by atoms with Crippen LogP contribution in [0.3, 0.4) is 0 Å². The summed E-state index contributed by atoms with van der Waals surface area (Å²) in [5, 5.41) is 0. The predicted octanol–water partition coefficient (Wildman–Crippen LogP) is 1.81. The molecule has 1 fully saturated rings. The van der Waals surface area contributed by atoms with Crippen molar-refractivity contribution in [1.29, 1.82) is 0 Å². The van der Waals surface area contributed by atoms with E-state index >= 15 is 0 Å². The number of aryl methyl sites for hydroxylation is 2. The maximum absolute atomic E-state index is 13.2. The van der Waals surface area contributed by atoms with Crippen molar-refractivity contribution in [2.75, 3.05) is 26.2 Å². The number of aromatic nitrogens is 2. The van der Waals surface area contributed by atoms with Crippen molar-refractivity contribution in [3.05, 3.63) is 70.1 Å². The van der Waals surface area contributed by atoms with Crippen LogP contribution in [-0.4, -0.2) is 59.3 Å². The van der Waals surface area contributed by atoms with E-state index in [0.717, 1.165) is 31.2 Å². The summed E-state index contributed by atoms with van der Waals surface area (Å²) in [7, 11) is -3.61. The number of para-hydroxylation sites is 2. The molecule has 2 heterocycles. The Morgan fingerprint density at radius 2 is 1.67 bits per heavy atom. The summed E-state index contributed by atoms with van der Waals surface area (Å²) in [5.41, 5.74) is 3.29. The molecule has 33 heavy (non-hydrogen) atoms. The van der Waals surface area contributed by atoms with Crippen molar-refractivity contribution in [2.45, 2.75) is 37.1 Å². The van der Waals surface area contributed by atoms with Gasteiger partial charge < -0.3 is 4.90 Å². The summed E-state index contributed by atoms with van der Waals surface area (Å²) >= 11 is 0. The molecule has 8 nitrogen and oxygen atoms in total. The van der Waals surface area contributed by atoms with Crippen LogP contribution in [0.5, 0.6) is 0 Å². The normalized spacial score (nSPS) is 17.2. The van der Waals surface area contributed by atoms with Crippen molar-refractivity contribution in [1.82, 2.24) is 18.8 Å². The van der Waals surface area contributed by atoms with Crippen LogP contribution < -0.4 is 5.56 Å². The van der Waals surface area contributed by atoms with Crippen molar-refractivity contribution >= 4 is 27.0 Å². The van der Waals surface area contributed by atoms with E-state index in [0.29, 0.717) is 29.0 Å². The van der Waals surface area contributed by atoms with Gasteiger partial charge in [-0.25, -0.2) is 13.4 Å². The molecule has 0 atom stereocenters. The van der Waals surface area contributed by atoms with Crippen molar-refractivity contribution in [2.24, 2.45) is 0 Å². The van der Waals surface area contributed by atoms with E-state index < -0.39 is 10.0 Å². The van der Waals surface area contributed by atoms with E-state index in [1.165, 1.54) is 20.6 Å². The maximum atomic E-state index is 13.2. The molecule has 0 saturated carbocycles. The minimum Gasteiger partial charge on any atom is -0.338 e. The van der Waals surface area contributed by atoms with Crippen LogP contribution in [0.4, 0.5) is 0 Å². The molecular weight excluding hydrogens is 440 g/mol. The van der Waals surface area contributed by atoms with E-state index in [1.54, 1.807) is 29.2 Å². The average Bonchev–Trinajstić information content (AvgIpc) is 2.85. The van der Waals surface area contributed by atoms with Gasteiger partial charge in [0.15, 0.2) is 0 Å². The molecule has 0 radical (unpaired) electrons. The predicted molar refractivity (Wildman–Crippen MR) is 124 cm³/mol. The monoisotopic (exact) mass is 466 g/mol. The maximum Gasteiger partial charge on any atom is 0.269 e. The number of amides is 1. The Bertz CT molecular complexity index is 1370. The van der Waals surface area contributed by atoms with Gasteiger partial charge >= 0.3 is 0 Å². The number of sulfonamides is 1. The van der Waals surface area contributed by atoms with Gasteiger partial charge in [-0.1, -0.05) is 18.2 Å². The lowest BCUT2D eigenvalue weighted by molar-refractivity contribution is -0.133. The third-order valence-corrected chi connectivity index (χ3v) is 8.49. The summed E-state index contributed by atoms with van der Waals surface area (Å²) in [4.78, 5) is 31.3. The second-order valence-corrected chi connectivity index (χ2v) is 10.5. The lowest BCUT2D eigenvalue weighted by Crippen LogP contribution is -2.51. The highest BCUT2D eigenvalue weighted by Gasteiger charge is 2.31. The summed E-state index contributed by atoms with van der Waals surface area (Å²) in [6, 6.07) is 12.7. The number of benzene rings is 2. The van der Waals surface area contributed by atoms with Gasteiger partial charge in [0, 0.05) is 26.2 Å². The molecule has 1 aromatic heterocycles. The Morgan fingerprint density at radius 1 is 0.939 bits per heavy atom. The fourth-order valence-electron chi connectivity index (χ4n) is 4.71. The van der Waals surface area contributed by atoms with Gasteiger partial charge in [0.25, 0.3) is 5.56 Å². The SMILES string of the molecule is O=C(Cn1c(=O)cnc2ccccc21)N1CCN(S(=O)(=O)c2ccc3c(c2)CCCC3)CC1. The Labute approximate surface area is 192 Å². The number of nitrogens with zero attached hydrogens (tertiary/aromatic N) is 4. The highest BCUT2D eigenvalue weighted by atomic mass is 32.2. The van der Waals surface area contributed by atoms with Gasteiger partial charge in [0.1, 0.15) is 6.54 Å². The number of fused-ring (bicyclic) bond motifs is 2. The Balaban J connectivity index is 1.28. The summed E-state index contributed by atoms with van der Waals surface area (Å²) in [5.74, 6) is -0.209. The van der Waals surface area contributed by atoms with Crippen molar-refractivity contribution in [3.8, 4) is 0 Å². The molecule has 172 valence electrons. The molecule has 9 heteroatoms. The average molecular weight is 467 g/mol. The Hall–Kier alpha value is -3.04. The van der Waals surface area contributed by atoms with E-state index in [-0.39, 0.29) is 31.1 Å². The first kappa shape index (κ1) is 21.8.